The third-order valence-corrected chi connectivity index (χ3v) is 3.71. The Bertz CT molecular complexity index is 860. The minimum absolute atomic E-state index is 0.0238. The summed E-state index contributed by atoms with van der Waals surface area (Å²) in [5, 5.41) is 38.6. The van der Waals surface area contributed by atoms with Gasteiger partial charge >= 0.3 is 11.9 Å². The smallest absolute Gasteiger partial charge is 0.349 e. The first-order valence-electron chi connectivity index (χ1n) is 7.65. The summed E-state index contributed by atoms with van der Waals surface area (Å²) in [6.45, 7) is 0. The van der Waals surface area contributed by atoms with Crippen molar-refractivity contribution < 1.29 is 44.2 Å². The van der Waals surface area contributed by atoms with Crippen molar-refractivity contribution in [2.75, 3.05) is 14.2 Å². The maximum atomic E-state index is 12.2. The molecule has 0 saturated heterocycles. The van der Waals surface area contributed by atoms with E-state index in [0.29, 0.717) is 0 Å². The quantitative estimate of drug-likeness (QED) is 0.530. The zero-order valence-electron chi connectivity index (χ0n) is 14.5. The number of rotatable bonds is 7. The minimum Gasteiger partial charge on any atom is -0.504 e. The maximum Gasteiger partial charge on any atom is 0.349 e. The average molecular weight is 378 g/mol. The van der Waals surface area contributed by atoms with Gasteiger partial charge in [0.25, 0.3) is 0 Å². The molecule has 1 unspecified atom stereocenters. The number of phenolic OH excluding ortho intramolecular Hbond substituents is 3. The molecule has 0 radical (unpaired) electrons. The highest BCUT2D eigenvalue weighted by molar-refractivity contribution is 5.81. The number of phenols is 3. The number of carbonyl (C=O) groups is 2. The highest BCUT2D eigenvalue weighted by Gasteiger charge is 2.26. The van der Waals surface area contributed by atoms with Gasteiger partial charge in [0.05, 0.1) is 20.6 Å². The summed E-state index contributed by atoms with van der Waals surface area (Å²) in [4.78, 5) is 23.7. The first-order chi connectivity index (χ1) is 12.8. The molecule has 0 aliphatic carbocycles. The molecule has 0 saturated carbocycles. The molecule has 144 valence electrons. The van der Waals surface area contributed by atoms with E-state index in [0.717, 1.165) is 0 Å². The predicted octanol–water partition coefficient (Wildman–Crippen LogP) is 1.73. The lowest BCUT2D eigenvalue weighted by Gasteiger charge is -2.16. The van der Waals surface area contributed by atoms with Gasteiger partial charge in [0.1, 0.15) is 0 Å². The second-order valence-electron chi connectivity index (χ2n) is 5.44. The maximum absolute atomic E-state index is 12.2. The standard InChI is InChI=1S/C18H18O9/c1-25-13-7-10(4-5-11(13)19)16(18(23)24)27-14(21)8-9-3-6-12(20)17(26-2)15(9)22/h3-7,16,19-20,22H,8H2,1-2H3,(H,23,24). The van der Waals surface area contributed by atoms with E-state index in [4.69, 9.17) is 14.2 Å². The predicted molar refractivity (Wildman–Crippen MR) is 91.2 cm³/mol. The Balaban J connectivity index is 2.23. The third kappa shape index (κ3) is 4.32. The van der Waals surface area contributed by atoms with Crippen LogP contribution in [0.5, 0.6) is 28.7 Å². The molecule has 27 heavy (non-hydrogen) atoms. The Labute approximate surface area is 154 Å². The highest BCUT2D eigenvalue weighted by atomic mass is 16.6. The van der Waals surface area contributed by atoms with Gasteiger partial charge in [0, 0.05) is 11.1 Å². The summed E-state index contributed by atoms with van der Waals surface area (Å²) in [6.07, 6.45) is -2.10. The summed E-state index contributed by atoms with van der Waals surface area (Å²) in [5.41, 5.74) is 0.167. The summed E-state index contributed by atoms with van der Waals surface area (Å²) in [6, 6.07) is 6.25. The number of hydrogen-bond donors (Lipinski definition) is 4. The van der Waals surface area contributed by atoms with E-state index < -0.39 is 30.2 Å². The molecular formula is C18H18O9. The molecule has 0 fully saturated rings. The molecule has 0 bridgehead atoms. The van der Waals surface area contributed by atoms with Crippen LogP contribution in [0.25, 0.3) is 0 Å². The Morgan fingerprint density at radius 3 is 2.26 bits per heavy atom. The fourth-order valence-electron chi connectivity index (χ4n) is 2.39. The van der Waals surface area contributed by atoms with Gasteiger partial charge in [-0.15, -0.1) is 0 Å². The van der Waals surface area contributed by atoms with Gasteiger partial charge in [-0.3, -0.25) is 4.79 Å². The van der Waals surface area contributed by atoms with Crippen molar-refractivity contribution in [3.8, 4) is 28.7 Å². The van der Waals surface area contributed by atoms with Crippen molar-refractivity contribution in [1.29, 1.82) is 0 Å². The second kappa shape index (κ2) is 8.17. The Kier molecular flexibility index (Phi) is 5.96. The molecule has 0 aliphatic heterocycles. The van der Waals surface area contributed by atoms with Gasteiger partial charge in [-0.05, 0) is 18.2 Å². The number of carboxylic acids is 1. The lowest BCUT2D eigenvalue weighted by atomic mass is 10.1. The fraction of sp³-hybridized carbons (Fsp3) is 0.222. The van der Waals surface area contributed by atoms with Crippen molar-refractivity contribution >= 4 is 11.9 Å². The molecule has 9 nitrogen and oxygen atoms in total. The van der Waals surface area contributed by atoms with E-state index in [-0.39, 0.29) is 34.1 Å². The molecule has 2 aromatic carbocycles. The van der Waals surface area contributed by atoms with E-state index in [1.807, 2.05) is 0 Å². The van der Waals surface area contributed by atoms with Crippen LogP contribution in [0, 0.1) is 0 Å². The van der Waals surface area contributed by atoms with E-state index in [2.05, 4.69) is 0 Å². The summed E-state index contributed by atoms with van der Waals surface area (Å²) in [7, 11) is 2.52. The minimum atomic E-state index is -1.65. The topological polar surface area (TPSA) is 143 Å². The molecule has 1 atom stereocenters. The first-order valence-corrected chi connectivity index (χ1v) is 7.65. The summed E-state index contributed by atoms with van der Waals surface area (Å²) >= 11 is 0. The monoisotopic (exact) mass is 378 g/mol. The number of methoxy groups -OCH3 is 2. The molecule has 0 aliphatic rings. The molecule has 0 amide bonds. The van der Waals surface area contributed by atoms with Gasteiger partial charge in [-0.25, -0.2) is 4.79 Å². The summed E-state index contributed by atoms with van der Waals surface area (Å²) in [5.74, 6) is -3.51. The molecular weight excluding hydrogens is 360 g/mol. The van der Waals surface area contributed by atoms with Crippen LogP contribution < -0.4 is 9.47 Å². The molecule has 2 rings (SSSR count). The van der Waals surface area contributed by atoms with Crippen LogP contribution in [-0.4, -0.2) is 46.6 Å². The van der Waals surface area contributed by atoms with Crippen molar-refractivity contribution in [3.63, 3.8) is 0 Å². The molecule has 0 heterocycles. The van der Waals surface area contributed by atoms with Gasteiger partial charge in [0.2, 0.25) is 11.9 Å². The number of carboxylic acid groups (broad SMARTS) is 1. The van der Waals surface area contributed by atoms with Gasteiger partial charge in [-0.1, -0.05) is 12.1 Å². The van der Waals surface area contributed by atoms with Crippen LogP contribution >= 0.6 is 0 Å². The van der Waals surface area contributed by atoms with Crippen molar-refractivity contribution in [2.24, 2.45) is 0 Å². The van der Waals surface area contributed by atoms with E-state index >= 15 is 0 Å². The number of ether oxygens (including phenoxy) is 3. The normalized spacial score (nSPS) is 11.5. The fourth-order valence-corrected chi connectivity index (χ4v) is 2.39. The molecule has 0 aromatic heterocycles. The number of aliphatic carboxylic acids is 1. The van der Waals surface area contributed by atoms with Gasteiger partial charge in [-0.2, -0.15) is 0 Å². The van der Waals surface area contributed by atoms with Crippen LogP contribution in [-0.2, 0) is 20.7 Å². The molecule has 4 N–H and O–H groups in total. The molecule has 2 aromatic rings. The van der Waals surface area contributed by atoms with Crippen LogP contribution in [0.4, 0.5) is 0 Å². The number of carbonyl (C=O) groups excluding carboxylic acids is 1. The lowest BCUT2D eigenvalue weighted by molar-refractivity contribution is -0.164. The largest absolute Gasteiger partial charge is 0.504 e. The number of hydrogen-bond acceptors (Lipinski definition) is 8. The van der Waals surface area contributed by atoms with Crippen LogP contribution in [0.1, 0.15) is 17.2 Å². The Morgan fingerprint density at radius 1 is 1.00 bits per heavy atom. The zero-order valence-corrected chi connectivity index (χ0v) is 14.5. The molecule has 0 spiro atoms. The second-order valence-corrected chi connectivity index (χ2v) is 5.44. The Hall–Kier alpha value is -3.62. The number of esters is 1. The van der Waals surface area contributed by atoms with Crippen molar-refractivity contribution in [3.05, 3.63) is 41.5 Å². The zero-order chi connectivity index (χ0) is 20.1. The van der Waals surface area contributed by atoms with Gasteiger partial charge in [0.15, 0.2) is 23.0 Å². The van der Waals surface area contributed by atoms with E-state index in [1.165, 1.54) is 44.6 Å². The SMILES string of the molecule is COc1cc(C(OC(=O)Cc2ccc(O)c(OC)c2O)C(=O)O)ccc1O. The van der Waals surface area contributed by atoms with Crippen LogP contribution in [0.15, 0.2) is 30.3 Å². The summed E-state index contributed by atoms with van der Waals surface area (Å²) < 4.78 is 14.8. The third-order valence-electron chi connectivity index (χ3n) is 3.71. The average Bonchev–Trinajstić information content (AvgIpc) is 2.63. The van der Waals surface area contributed by atoms with E-state index in [9.17, 15) is 30.0 Å². The van der Waals surface area contributed by atoms with E-state index in [1.54, 1.807) is 0 Å². The van der Waals surface area contributed by atoms with Crippen LogP contribution in [0.3, 0.4) is 0 Å². The van der Waals surface area contributed by atoms with Gasteiger partial charge < -0.3 is 34.6 Å². The first kappa shape index (κ1) is 19.7. The number of benzene rings is 2. The Morgan fingerprint density at radius 2 is 1.67 bits per heavy atom. The van der Waals surface area contributed by atoms with Crippen molar-refractivity contribution in [2.45, 2.75) is 12.5 Å². The highest BCUT2D eigenvalue weighted by Crippen LogP contribution is 2.38. The van der Waals surface area contributed by atoms with Crippen molar-refractivity contribution in [1.82, 2.24) is 0 Å². The number of aromatic hydroxyl groups is 3. The van der Waals surface area contributed by atoms with Crippen LogP contribution in [0.2, 0.25) is 0 Å². The lowest BCUT2D eigenvalue weighted by Crippen LogP contribution is -2.20. The molecule has 9 heteroatoms.